The molecule has 1 aliphatic rings. The summed E-state index contributed by atoms with van der Waals surface area (Å²) in [5, 5.41) is 2.35. The van der Waals surface area contributed by atoms with Gasteiger partial charge in [-0.05, 0) is 18.8 Å². The van der Waals surface area contributed by atoms with Crippen molar-refractivity contribution in [3.63, 3.8) is 0 Å². The number of hydrogen-bond donors (Lipinski definition) is 1. The minimum Gasteiger partial charge on any atom is -0.324 e. The molecule has 1 fully saturated rings. The van der Waals surface area contributed by atoms with E-state index in [1.54, 1.807) is 4.90 Å². The van der Waals surface area contributed by atoms with Crippen molar-refractivity contribution in [3.05, 3.63) is 0 Å². The van der Waals surface area contributed by atoms with Crippen LogP contribution >= 0.6 is 11.6 Å². The molecule has 0 radical (unpaired) electrons. The summed E-state index contributed by atoms with van der Waals surface area (Å²) >= 11 is 5.42. The Morgan fingerprint density at radius 2 is 2.00 bits per heavy atom. The van der Waals surface area contributed by atoms with Crippen LogP contribution < -0.4 is 5.32 Å². The summed E-state index contributed by atoms with van der Waals surface area (Å²) in [5.74, 6) is 0.678. The molecule has 0 atom stereocenters. The lowest BCUT2D eigenvalue weighted by Gasteiger charge is -2.31. The summed E-state index contributed by atoms with van der Waals surface area (Å²) in [6.07, 6.45) is 3.43. The van der Waals surface area contributed by atoms with Gasteiger partial charge in [-0.1, -0.05) is 13.3 Å². The summed E-state index contributed by atoms with van der Waals surface area (Å²) in [6, 6.07) is -0.273. The highest BCUT2D eigenvalue weighted by Gasteiger charge is 2.22. The van der Waals surface area contributed by atoms with Crippen molar-refractivity contribution in [2.45, 2.75) is 32.6 Å². The predicted octanol–water partition coefficient (Wildman–Crippen LogP) is 1.97. The quantitative estimate of drug-likeness (QED) is 0.774. The summed E-state index contributed by atoms with van der Waals surface area (Å²) < 4.78 is 0. The molecule has 0 aromatic carbocycles. The van der Waals surface area contributed by atoms with Crippen LogP contribution in [0.1, 0.15) is 32.6 Å². The number of halogens is 1. The van der Waals surface area contributed by atoms with E-state index in [4.69, 9.17) is 11.6 Å². The molecule has 4 nitrogen and oxygen atoms in total. The Morgan fingerprint density at radius 3 is 2.50 bits per heavy atom. The maximum Gasteiger partial charge on any atom is 0.324 e. The number of hydrogen-bond acceptors (Lipinski definition) is 2. The fourth-order valence-corrected chi connectivity index (χ4v) is 2.06. The van der Waals surface area contributed by atoms with Crippen LogP contribution in [0.4, 0.5) is 4.79 Å². The molecule has 0 bridgehead atoms. The second-order valence-corrected chi connectivity index (χ2v) is 4.51. The molecular weight excluding hydrogens is 228 g/mol. The Hall–Kier alpha value is -0.770. The summed E-state index contributed by atoms with van der Waals surface area (Å²) in [5.41, 5.74) is 0. The van der Waals surface area contributed by atoms with Crippen molar-refractivity contribution >= 4 is 23.5 Å². The number of carbonyl (C=O) groups is 2. The molecule has 1 aliphatic heterocycles. The molecule has 0 aromatic rings. The van der Waals surface area contributed by atoms with Crippen LogP contribution in [0.3, 0.4) is 0 Å². The Morgan fingerprint density at radius 1 is 1.38 bits per heavy atom. The molecule has 5 heteroatoms. The molecule has 0 aromatic heterocycles. The summed E-state index contributed by atoms with van der Waals surface area (Å²) in [6.45, 7) is 3.67. The van der Waals surface area contributed by atoms with Crippen LogP contribution in [0.25, 0.3) is 0 Å². The molecule has 0 spiro atoms. The third-order valence-corrected chi connectivity index (χ3v) is 3.24. The second kappa shape index (κ2) is 6.74. The number of imide groups is 1. The number of alkyl halides is 1. The lowest BCUT2D eigenvalue weighted by Crippen LogP contribution is -2.46. The Balaban J connectivity index is 2.30. The first-order valence-corrected chi connectivity index (χ1v) is 6.35. The number of urea groups is 1. The summed E-state index contributed by atoms with van der Waals surface area (Å²) in [7, 11) is 0. The molecule has 0 saturated carbocycles. The van der Waals surface area contributed by atoms with Gasteiger partial charge >= 0.3 is 6.03 Å². The van der Waals surface area contributed by atoms with Crippen molar-refractivity contribution < 1.29 is 9.59 Å². The van der Waals surface area contributed by atoms with Gasteiger partial charge in [0.2, 0.25) is 5.91 Å². The van der Waals surface area contributed by atoms with E-state index in [2.05, 4.69) is 12.2 Å². The first-order chi connectivity index (χ1) is 7.67. The van der Waals surface area contributed by atoms with E-state index in [9.17, 15) is 9.59 Å². The number of carbonyl (C=O) groups excluding carboxylic acids is 2. The van der Waals surface area contributed by atoms with E-state index in [1.807, 2.05) is 0 Å². The Labute approximate surface area is 101 Å². The van der Waals surface area contributed by atoms with Gasteiger partial charge in [0, 0.05) is 25.4 Å². The highest BCUT2D eigenvalue weighted by Crippen LogP contribution is 2.19. The zero-order chi connectivity index (χ0) is 12.0. The number of nitrogens with one attached hydrogen (secondary N) is 1. The molecule has 16 heavy (non-hydrogen) atoms. The molecule has 3 amide bonds. The van der Waals surface area contributed by atoms with Crippen LogP contribution in [0, 0.1) is 5.92 Å². The molecule has 0 unspecified atom stereocenters. The fraction of sp³-hybridized carbons (Fsp3) is 0.818. The van der Waals surface area contributed by atoms with Crippen molar-refractivity contribution in [2.75, 3.05) is 19.0 Å². The third-order valence-electron chi connectivity index (χ3n) is 3.05. The average Bonchev–Trinajstić information content (AvgIpc) is 2.29. The molecule has 1 rings (SSSR count). The van der Waals surface area contributed by atoms with E-state index >= 15 is 0 Å². The third kappa shape index (κ3) is 4.00. The summed E-state index contributed by atoms with van der Waals surface area (Å²) in [4.78, 5) is 24.5. The van der Waals surface area contributed by atoms with Gasteiger partial charge in [-0.3, -0.25) is 10.1 Å². The number of nitrogens with zero attached hydrogens (tertiary/aromatic N) is 1. The van der Waals surface area contributed by atoms with E-state index < -0.39 is 0 Å². The van der Waals surface area contributed by atoms with Gasteiger partial charge in [0.15, 0.2) is 0 Å². The van der Waals surface area contributed by atoms with E-state index in [0.717, 1.165) is 31.8 Å². The van der Waals surface area contributed by atoms with Crippen LogP contribution in [-0.4, -0.2) is 35.8 Å². The van der Waals surface area contributed by atoms with Crippen molar-refractivity contribution in [1.29, 1.82) is 0 Å². The highest BCUT2D eigenvalue weighted by atomic mass is 35.5. The Kier molecular flexibility index (Phi) is 5.60. The van der Waals surface area contributed by atoms with Crippen molar-refractivity contribution in [3.8, 4) is 0 Å². The SMILES string of the molecule is CCC1CCN(C(=O)NC(=O)CCCl)CC1. The Bertz CT molecular complexity index is 250. The monoisotopic (exact) mass is 246 g/mol. The van der Waals surface area contributed by atoms with Gasteiger partial charge in [-0.2, -0.15) is 0 Å². The maximum atomic E-state index is 11.6. The smallest absolute Gasteiger partial charge is 0.324 e. The molecule has 0 aliphatic carbocycles. The van der Waals surface area contributed by atoms with Gasteiger partial charge in [-0.15, -0.1) is 11.6 Å². The van der Waals surface area contributed by atoms with Gasteiger partial charge < -0.3 is 4.90 Å². The van der Waals surface area contributed by atoms with Crippen LogP contribution in [0.2, 0.25) is 0 Å². The van der Waals surface area contributed by atoms with Crippen molar-refractivity contribution in [1.82, 2.24) is 10.2 Å². The minimum absolute atomic E-state index is 0.193. The number of rotatable bonds is 3. The van der Waals surface area contributed by atoms with Gasteiger partial charge in [0.05, 0.1) is 0 Å². The largest absolute Gasteiger partial charge is 0.324 e. The number of likely N-dealkylation sites (tertiary alicyclic amines) is 1. The second-order valence-electron chi connectivity index (χ2n) is 4.13. The molecule has 1 heterocycles. The first-order valence-electron chi connectivity index (χ1n) is 5.82. The zero-order valence-corrected chi connectivity index (χ0v) is 10.4. The van der Waals surface area contributed by atoms with Gasteiger partial charge in [0.1, 0.15) is 0 Å². The van der Waals surface area contributed by atoms with E-state index in [1.165, 1.54) is 6.42 Å². The lowest BCUT2D eigenvalue weighted by molar-refractivity contribution is -0.119. The highest BCUT2D eigenvalue weighted by molar-refractivity contribution is 6.19. The molecule has 92 valence electrons. The molecule has 1 saturated heterocycles. The fourth-order valence-electron chi connectivity index (χ4n) is 1.89. The minimum atomic E-state index is -0.294. The predicted molar refractivity (Wildman–Crippen MR) is 63.5 cm³/mol. The van der Waals surface area contributed by atoms with Crippen molar-refractivity contribution in [2.24, 2.45) is 5.92 Å². The number of amides is 3. The van der Waals surface area contributed by atoms with E-state index in [0.29, 0.717) is 0 Å². The van der Waals surface area contributed by atoms with E-state index in [-0.39, 0.29) is 24.2 Å². The standard InChI is InChI=1S/C11H19ClN2O2/c1-2-9-4-7-14(8-5-9)11(16)13-10(15)3-6-12/h9H,2-8H2,1H3,(H,13,15,16). The first kappa shape index (κ1) is 13.3. The molecular formula is C11H19ClN2O2. The lowest BCUT2D eigenvalue weighted by atomic mass is 9.95. The number of piperidine rings is 1. The maximum absolute atomic E-state index is 11.6. The molecule has 1 N–H and O–H groups in total. The van der Waals surface area contributed by atoms with Crippen LogP contribution in [-0.2, 0) is 4.79 Å². The zero-order valence-electron chi connectivity index (χ0n) is 9.67. The average molecular weight is 247 g/mol. The van der Waals surface area contributed by atoms with Gasteiger partial charge in [0.25, 0.3) is 0 Å². The van der Waals surface area contributed by atoms with Crippen LogP contribution in [0.15, 0.2) is 0 Å². The topological polar surface area (TPSA) is 49.4 Å². The van der Waals surface area contributed by atoms with Gasteiger partial charge in [-0.25, -0.2) is 4.79 Å². The van der Waals surface area contributed by atoms with Crippen LogP contribution in [0.5, 0.6) is 0 Å². The normalized spacial score (nSPS) is 17.2.